The summed E-state index contributed by atoms with van der Waals surface area (Å²) < 4.78 is 0. The van der Waals surface area contributed by atoms with Crippen LogP contribution in [-0.4, -0.2) is 31.3 Å². The SMILES string of the molecule is CN1CCc2cc(C(O)CNC(=O)NC(c3ccccc3)c3ccccc3)ccc21. The smallest absolute Gasteiger partial charge is 0.315 e. The van der Waals surface area contributed by atoms with Crippen LogP contribution in [-0.2, 0) is 6.42 Å². The first kappa shape index (κ1) is 20.0. The number of carbonyl (C=O) groups excluding carboxylic acids is 1. The monoisotopic (exact) mass is 401 g/mol. The zero-order valence-electron chi connectivity index (χ0n) is 17.1. The highest BCUT2D eigenvalue weighted by molar-refractivity contribution is 5.75. The normalized spacial score (nSPS) is 13.8. The van der Waals surface area contributed by atoms with E-state index in [0.29, 0.717) is 0 Å². The Hall–Kier alpha value is -3.31. The second-order valence-electron chi connectivity index (χ2n) is 7.68. The van der Waals surface area contributed by atoms with Crippen LogP contribution in [0.4, 0.5) is 10.5 Å². The lowest BCUT2D eigenvalue weighted by molar-refractivity contribution is 0.172. The standard InChI is InChI=1S/C25H27N3O2/c1-28-15-14-20-16-21(12-13-22(20)28)23(29)17-26-25(30)27-24(18-8-4-2-5-9-18)19-10-6-3-7-11-19/h2-13,16,23-24,29H,14-15,17H2,1H3,(H2,26,27,30). The minimum Gasteiger partial charge on any atom is -0.387 e. The van der Waals surface area contributed by atoms with Gasteiger partial charge < -0.3 is 20.6 Å². The van der Waals surface area contributed by atoms with Crippen LogP contribution in [0, 0.1) is 0 Å². The van der Waals surface area contributed by atoms with Crippen molar-refractivity contribution < 1.29 is 9.90 Å². The third kappa shape index (κ3) is 4.47. The van der Waals surface area contributed by atoms with Gasteiger partial charge in [-0.15, -0.1) is 0 Å². The van der Waals surface area contributed by atoms with Crippen molar-refractivity contribution in [1.29, 1.82) is 0 Å². The van der Waals surface area contributed by atoms with Crippen molar-refractivity contribution in [3.8, 4) is 0 Å². The summed E-state index contributed by atoms with van der Waals surface area (Å²) >= 11 is 0. The number of urea groups is 1. The molecule has 0 saturated carbocycles. The molecule has 0 aromatic heterocycles. The Morgan fingerprint density at radius 1 is 0.967 bits per heavy atom. The Bertz CT molecular complexity index is 952. The fourth-order valence-corrected chi connectivity index (χ4v) is 3.93. The van der Waals surface area contributed by atoms with Crippen molar-refractivity contribution in [3.63, 3.8) is 0 Å². The van der Waals surface area contributed by atoms with Gasteiger partial charge in [0, 0.05) is 25.8 Å². The van der Waals surface area contributed by atoms with Gasteiger partial charge in [-0.25, -0.2) is 4.79 Å². The molecule has 0 bridgehead atoms. The third-order valence-electron chi connectivity index (χ3n) is 5.61. The molecule has 0 saturated heterocycles. The summed E-state index contributed by atoms with van der Waals surface area (Å²) in [6.45, 7) is 1.15. The van der Waals surface area contributed by atoms with E-state index in [-0.39, 0.29) is 18.6 Å². The molecule has 3 aromatic carbocycles. The molecule has 1 heterocycles. The van der Waals surface area contributed by atoms with Crippen molar-refractivity contribution in [3.05, 3.63) is 101 Å². The number of amides is 2. The molecule has 5 nitrogen and oxygen atoms in total. The molecule has 0 aliphatic carbocycles. The van der Waals surface area contributed by atoms with E-state index < -0.39 is 6.10 Å². The van der Waals surface area contributed by atoms with Crippen LogP contribution in [0.1, 0.15) is 34.4 Å². The van der Waals surface area contributed by atoms with Crippen LogP contribution < -0.4 is 15.5 Å². The number of rotatable bonds is 6. The number of aliphatic hydroxyl groups is 1. The van der Waals surface area contributed by atoms with Crippen LogP contribution in [0.3, 0.4) is 0 Å². The van der Waals surface area contributed by atoms with Crippen molar-refractivity contribution >= 4 is 11.7 Å². The van der Waals surface area contributed by atoms with Gasteiger partial charge in [-0.3, -0.25) is 0 Å². The number of nitrogens with zero attached hydrogens (tertiary/aromatic N) is 1. The molecule has 5 heteroatoms. The molecule has 1 aliphatic rings. The second-order valence-corrected chi connectivity index (χ2v) is 7.68. The molecule has 1 unspecified atom stereocenters. The number of hydrogen-bond acceptors (Lipinski definition) is 3. The average molecular weight is 402 g/mol. The highest BCUT2D eigenvalue weighted by Crippen LogP contribution is 2.29. The van der Waals surface area contributed by atoms with Gasteiger partial charge in [0.1, 0.15) is 0 Å². The lowest BCUT2D eigenvalue weighted by Crippen LogP contribution is -2.40. The van der Waals surface area contributed by atoms with Gasteiger partial charge in [-0.1, -0.05) is 72.8 Å². The molecule has 3 N–H and O–H groups in total. The summed E-state index contributed by atoms with van der Waals surface area (Å²) in [6, 6.07) is 25.2. The number of benzene rings is 3. The average Bonchev–Trinajstić information content (AvgIpc) is 3.17. The molecular formula is C25H27N3O2. The van der Waals surface area contributed by atoms with Crippen molar-refractivity contribution in [2.75, 3.05) is 25.0 Å². The first-order valence-corrected chi connectivity index (χ1v) is 10.3. The quantitative estimate of drug-likeness (QED) is 0.589. The number of likely N-dealkylation sites (N-methyl/N-ethyl adjacent to an activating group) is 1. The molecule has 0 spiro atoms. The van der Waals surface area contributed by atoms with Crippen molar-refractivity contribution in [2.24, 2.45) is 0 Å². The van der Waals surface area contributed by atoms with E-state index in [1.807, 2.05) is 78.9 Å². The largest absolute Gasteiger partial charge is 0.387 e. The third-order valence-corrected chi connectivity index (χ3v) is 5.61. The Labute approximate surface area is 177 Å². The predicted octanol–water partition coefficient (Wildman–Crippen LogP) is 3.80. The fraction of sp³-hybridized carbons (Fsp3) is 0.240. The summed E-state index contributed by atoms with van der Waals surface area (Å²) in [5.74, 6) is 0. The number of carbonyl (C=O) groups is 1. The summed E-state index contributed by atoms with van der Waals surface area (Å²) in [5.41, 5.74) is 5.29. The van der Waals surface area contributed by atoms with Gasteiger partial charge in [-0.2, -0.15) is 0 Å². The molecular weight excluding hydrogens is 374 g/mol. The first-order valence-electron chi connectivity index (χ1n) is 10.3. The van der Waals surface area contributed by atoms with Crippen LogP contribution in [0.5, 0.6) is 0 Å². The summed E-state index contributed by atoms with van der Waals surface area (Å²) in [5, 5.41) is 16.4. The summed E-state index contributed by atoms with van der Waals surface area (Å²) in [7, 11) is 2.07. The van der Waals surface area contributed by atoms with E-state index in [9.17, 15) is 9.90 Å². The number of hydrogen-bond donors (Lipinski definition) is 3. The van der Waals surface area contributed by atoms with Gasteiger partial charge >= 0.3 is 6.03 Å². The minimum atomic E-state index is -0.751. The Balaban J connectivity index is 1.40. The van der Waals surface area contributed by atoms with Crippen molar-refractivity contribution in [1.82, 2.24) is 10.6 Å². The van der Waals surface area contributed by atoms with E-state index in [1.54, 1.807) is 0 Å². The highest BCUT2D eigenvalue weighted by Gasteiger charge is 2.20. The Morgan fingerprint density at radius 3 is 2.23 bits per heavy atom. The van der Waals surface area contributed by atoms with Crippen LogP contribution in [0.25, 0.3) is 0 Å². The fourth-order valence-electron chi connectivity index (χ4n) is 3.93. The number of aliphatic hydroxyl groups excluding tert-OH is 1. The number of fused-ring (bicyclic) bond motifs is 1. The highest BCUT2D eigenvalue weighted by atomic mass is 16.3. The lowest BCUT2D eigenvalue weighted by atomic mass is 9.99. The van der Waals surface area contributed by atoms with Gasteiger partial charge in [0.05, 0.1) is 12.1 Å². The zero-order valence-corrected chi connectivity index (χ0v) is 17.1. The predicted molar refractivity (Wildman–Crippen MR) is 120 cm³/mol. The minimum absolute atomic E-state index is 0.150. The Kier molecular flexibility index (Phi) is 6.00. The summed E-state index contributed by atoms with van der Waals surface area (Å²) in [4.78, 5) is 14.8. The van der Waals surface area contributed by atoms with E-state index in [2.05, 4.69) is 22.6 Å². The topological polar surface area (TPSA) is 64.6 Å². The van der Waals surface area contributed by atoms with Gasteiger partial charge in [0.25, 0.3) is 0 Å². The van der Waals surface area contributed by atoms with Gasteiger partial charge in [-0.05, 0) is 34.7 Å². The molecule has 30 heavy (non-hydrogen) atoms. The molecule has 4 rings (SSSR count). The maximum absolute atomic E-state index is 12.6. The number of anilines is 1. The first-order chi connectivity index (χ1) is 14.6. The molecule has 3 aromatic rings. The van der Waals surface area contributed by atoms with Crippen LogP contribution in [0.2, 0.25) is 0 Å². The van der Waals surface area contributed by atoms with E-state index in [1.165, 1.54) is 11.3 Å². The lowest BCUT2D eigenvalue weighted by Gasteiger charge is -2.21. The molecule has 0 fully saturated rings. The maximum Gasteiger partial charge on any atom is 0.315 e. The maximum atomic E-state index is 12.6. The van der Waals surface area contributed by atoms with E-state index in [4.69, 9.17) is 0 Å². The van der Waals surface area contributed by atoms with Crippen LogP contribution >= 0.6 is 0 Å². The zero-order chi connectivity index (χ0) is 20.9. The molecule has 1 atom stereocenters. The van der Waals surface area contributed by atoms with E-state index in [0.717, 1.165) is 29.7 Å². The van der Waals surface area contributed by atoms with Gasteiger partial charge in [0.2, 0.25) is 0 Å². The molecule has 1 aliphatic heterocycles. The summed E-state index contributed by atoms with van der Waals surface area (Å²) in [6.07, 6.45) is 0.231. The Morgan fingerprint density at radius 2 is 1.60 bits per heavy atom. The molecule has 154 valence electrons. The number of nitrogens with one attached hydrogen (secondary N) is 2. The van der Waals surface area contributed by atoms with Crippen molar-refractivity contribution in [2.45, 2.75) is 18.6 Å². The molecule has 0 radical (unpaired) electrons. The van der Waals surface area contributed by atoms with Gasteiger partial charge in [0.15, 0.2) is 0 Å². The second kappa shape index (κ2) is 9.01. The van der Waals surface area contributed by atoms with Crippen LogP contribution in [0.15, 0.2) is 78.9 Å². The molecule has 2 amide bonds. The van der Waals surface area contributed by atoms with E-state index >= 15 is 0 Å².